The Morgan fingerprint density at radius 3 is 2.57 bits per heavy atom. The molecule has 0 aliphatic rings. The van der Waals surface area contributed by atoms with Crippen molar-refractivity contribution >= 4 is 33.4 Å². The number of rotatable bonds is 3. The molecule has 112 valence electrons. The summed E-state index contributed by atoms with van der Waals surface area (Å²) >= 11 is 1.32. The van der Waals surface area contributed by atoms with E-state index < -0.39 is 17.7 Å². The first kappa shape index (κ1) is 15.4. The van der Waals surface area contributed by atoms with Gasteiger partial charge in [-0.2, -0.15) is 0 Å². The third-order valence-corrected chi connectivity index (χ3v) is 3.68. The Labute approximate surface area is 127 Å². The van der Waals surface area contributed by atoms with Crippen LogP contribution in [0.3, 0.4) is 0 Å². The summed E-state index contributed by atoms with van der Waals surface area (Å²) in [6.07, 6.45) is -0.607. The molecule has 0 radical (unpaired) electrons. The highest BCUT2D eigenvalue weighted by Crippen LogP contribution is 2.22. The molecule has 0 spiro atoms. The average Bonchev–Trinajstić information content (AvgIpc) is 2.78. The summed E-state index contributed by atoms with van der Waals surface area (Å²) in [5, 5.41) is 2.92. The van der Waals surface area contributed by atoms with Gasteiger partial charge in [0, 0.05) is 0 Å². The fourth-order valence-corrected chi connectivity index (χ4v) is 2.71. The van der Waals surface area contributed by atoms with Gasteiger partial charge in [0.1, 0.15) is 5.60 Å². The predicted molar refractivity (Wildman–Crippen MR) is 82.8 cm³/mol. The van der Waals surface area contributed by atoms with E-state index in [1.54, 1.807) is 27.7 Å². The minimum atomic E-state index is -0.680. The van der Waals surface area contributed by atoms with Gasteiger partial charge in [-0.05, 0) is 39.8 Å². The van der Waals surface area contributed by atoms with Crippen molar-refractivity contribution in [1.82, 2.24) is 10.3 Å². The topological polar surface area (TPSA) is 68.3 Å². The number of thiazole rings is 1. The second-order valence-electron chi connectivity index (χ2n) is 5.72. The summed E-state index contributed by atoms with van der Waals surface area (Å²) in [5.74, 6) is -0.220. The van der Waals surface area contributed by atoms with Crippen LogP contribution in [0.2, 0.25) is 0 Å². The minimum absolute atomic E-state index is 0.220. The summed E-state index contributed by atoms with van der Waals surface area (Å²) in [6.45, 7) is 6.93. The highest BCUT2D eigenvalue weighted by atomic mass is 32.1. The number of alkyl carbamates (subject to hydrolysis) is 1. The molecule has 1 N–H and O–H groups in total. The number of fused-ring (bicyclic) bond motifs is 1. The monoisotopic (exact) mass is 306 g/mol. The first-order chi connectivity index (χ1) is 9.76. The Morgan fingerprint density at radius 1 is 1.29 bits per heavy atom. The fraction of sp³-hybridized carbons (Fsp3) is 0.400. The van der Waals surface area contributed by atoms with Crippen LogP contribution in [0.15, 0.2) is 24.3 Å². The number of hydrogen-bond acceptors (Lipinski definition) is 5. The number of hydrogen-bond donors (Lipinski definition) is 1. The third kappa shape index (κ3) is 4.01. The van der Waals surface area contributed by atoms with Gasteiger partial charge in [0.2, 0.25) is 5.78 Å². The molecule has 5 nitrogen and oxygen atoms in total. The number of nitrogens with one attached hydrogen (secondary N) is 1. The van der Waals surface area contributed by atoms with E-state index in [1.165, 1.54) is 11.3 Å². The SMILES string of the molecule is CC(NC(=O)OC(C)(C)C)C(=O)c1nc2ccccc2s1. The largest absolute Gasteiger partial charge is 0.444 e. The zero-order chi connectivity index (χ0) is 15.6. The second kappa shape index (κ2) is 5.81. The van der Waals surface area contributed by atoms with E-state index in [4.69, 9.17) is 4.74 Å². The van der Waals surface area contributed by atoms with E-state index in [0.717, 1.165) is 10.2 Å². The predicted octanol–water partition coefficient (Wildman–Crippen LogP) is 3.39. The first-order valence-electron chi connectivity index (χ1n) is 6.65. The number of ether oxygens (including phenoxy) is 1. The molecule has 1 aromatic carbocycles. The molecular weight excluding hydrogens is 288 g/mol. The van der Waals surface area contributed by atoms with Crippen LogP contribution in [0.25, 0.3) is 10.2 Å². The lowest BCUT2D eigenvalue weighted by Gasteiger charge is -2.21. The molecule has 0 saturated heterocycles. The molecule has 1 amide bonds. The summed E-state index contributed by atoms with van der Waals surface area (Å²) in [6, 6.07) is 6.86. The Hall–Kier alpha value is -1.95. The van der Waals surface area contributed by atoms with Crippen LogP contribution in [-0.2, 0) is 4.74 Å². The van der Waals surface area contributed by atoms with Crippen LogP contribution >= 0.6 is 11.3 Å². The average molecular weight is 306 g/mol. The molecule has 1 aromatic heterocycles. The molecule has 1 unspecified atom stereocenters. The maximum absolute atomic E-state index is 12.3. The zero-order valence-electron chi connectivity index (χ0n) is 12.5. The molecule has 0 bridgehead atoms. The van der Waals surface area contributed by atoms with E-state index in [9.17, 15) is 9.59 Å². The molecule has 2 rings (SSSR count). The smallest absolute Gasteiger partial charge is 0.408 e. The van der Waals surface area contributed by atoms with Gasteiger partial charge in [0.25, 0.3) is 0 Å². The Balaban J connectivity index is 2.07. The number of Topliss-reactive ketones (excluding diaryl/α,β-unsaturated/α-hetero) is 1. The van der Waals surface area contributed by atoms with Crippen molar-refractivity contribution < 1.29 is 14.3 Å². The van der Waals surface area contributed by atoms with Crippen LogP contribution in [-0.4, -0.2) is 28.5 Å². The van der Waals surface area contributed by atoms with Crippen molar-refractivity contribution in [2.45, 2.75) is 39.3 Å². The number of ketones is 1. The highest BCUT2D eigenvalue weighted by molar-refractivity contribution is 7.20. The molecule has 21 heavy (non-hydrogen) atoms. The normalized spacial score (nSPS) is 13.0. The van der Waals surface area contributed by atoms with E-state index in [0.29, 0.717) is 5.01 Å². The Bertz CT molecular complexity index is 640. The lowest BCUT2D eigenvalue weighted by atomic mass is 10.2. The molecule has 0 aliphatic carbocycles. The molecule has 0 saturated carbocycles. The van der Waals surface area contributed by atoms with Crippen molar-refractivity contribution in [2.24, 2.45) is 0 Å². The molecule has 0 fully saturated rings. The van der Waals surface area contributed by atoms with E-state index in [-0.39, 0.29) is 5.78 Å². The van der Waals surface area contributed by atoms with Crippen LogP contribution in [0.5, 0.6) is 0 Å². The summed E-state index contributed by atoms with van der Waals surface area (Å²) < 4.78 is 6.08. The van der Waals surface area contributed by atoms with Gasteiger partial charge in [-0.15, -0.1) is 11.3 Å². The zero-order valence-corrected chi connectivity index (χ0v) is 13.3. The molecule has 2 aromatic rings. The number of amides is 1. The van der Waals surface area contributed by atoms with Crippen molar-refractivity contribution in [3.8, 4) is 0 Å². The van der Waals surface area contributed by atoms with Crippen molar-refractivity contribution in [3.63, 3.8) is 0 Å². The van der Waals surface area contributed by atoms with Gasteiger partial charge in [-0.25, -0.2) is 9.78 Å². The van der Waals surface area contributed by atoms with Gasteiger partial charge in [-0.3, -0.25) is 4.79 Å². The summed E-state index contributed by atoms with van der Waals surface area (Å²) in [4.78, 5) is 28.3. The number of aromatic nitrogens is 1. The molecule has 6 heteroatoms. The molecule has 1 atom stereocenters. The first-order valence-corrected chi connectivity index (χ1v) is 7.47. The van der Waals surface area contributed by atoms with E-state index in [2.05, 4.69) is 10.3 Å². The van der Waals surface area contributed by atoms with E-state index >= 15 is 0 Å². The molecule has 1 heterocycles. The number of carbonyl (C=O) groups excluding carboxylic acids is 2. The fourth-order valence-electron chi connectivity index (χ4n) is 1.71. The van der Waals surface area contributed by atoms with Gasteiger partial charge < -0.3 is 10.1 Å². The summed E-state index contributed by atoms with van der Waals surface area (Å²) in [5.41, 5.74) is 0.193. The maximum Gasteiger partial charge on any atom is 0.408 e. The van der Waals surface area contributed by atoms with Crippen molar-refractivity contribution in [1.29, 1.82) is 0 Å². The van der Waals surface area contributed by atoms with Crippen molar-refractivity contribution in [2.75, 3.05) is 0 Å². The lowest BCUT2D eigenvalue weighted by Crippen LogP contribution is -2.41. The minimum Gasteiger partial charge on any atom is -0.444 e. The van der Waals surface area contributed by atoms with Crippen LogP contribution in [0.4, 0.5) is 4.79 Å². The van der Waals surface area contributed by atoms with Crippen LogP contribution in [0, 0.1) is 0 Å². The number of carbonyl (C=O) groups is 2. The van der Waals surface area contributed by atoms with Crippen LogP contribution in [0.1, 0.15) is 37.5 Å². The second-order valence-corrected chi connectivity index (χ2v) is 6.75. The number of benzene rings is 1. The Morgan fingerprint density at radius 2 is 1.95 bits per heavy atom. The van der Waals surface area contributed by atoms with Crippen molar-refractivity contribution in [3.05, 3.63) is 29.3 Å². The summed E-state index contributed by atoms with van der Waals surface area (Å²) in [7, 11) is 0. The Kier molecular flexibility index (Phi) is 4.27. The quantitative estimate of drug-likeness (QED) is 0.883. The standard InChI is InChI=1S/C15H18N2O3S/c1-9(16-14(19)20-15(2,3)4)12(18)13-17-10-7-5-6-8-11(10)21-13/h5-9H,1-4H3,(H,16,19). The number of para-hydroxylation sites is 1. The van der Waals surface area contributed by atoms with E-state index in [1.807, 2.05) is 24.3 Å². The number of nitrogens with zero attached hydrogens (tertiary/aromatic N) is 1. The van der Waals surface area contributed by atoms with Gasteiger partial charge in [0.15, 0.2) is 5.01 Å². The molecular formula is C15H18N2O3S. The van der Waals surface area contributed by atoms with Crippen LogP contribution < -0.4 is 5.32 Å². The maximum atomic E-state index is 12.3. The molecule has 0 aliphatic heterocycles. The van der Waals surface area contributed by atoms with Gasteiger partial charge in [0.05, 0.1) is 16.3 Å². The third-order valence-electron chi connectivity index (χ3n) is 2.63. The van der Waals surface area contributed by atoms with Gasteiger partial charge in [-0.1, -0.05) is 12.1 Å². The lowest BCUT2D eigenvalue weighted by molar-refractivity contribution is 0.0497. The van der Waals surface area contributed by atoms with Gasteiger partial charge >= 0.3 is 6.09 Å². The highest BCUT2D eigenvalue weighted by Gasteiger charge is 2.23.